The highest BCUT2D eigenvalue weighted by Gasteiger charge is 2.08. The molecule has 126 valence electrons. The zero-order valence-electron chi connectivity index (χ0n) is 13.9. The van der Waals surface area contributed by atoms with Crippen molar-refractivity contribution in [1.82, 2.24) is 10.6 Å². The van der Waals surface area contributed by atoms with E-state index in [9.17, 15) is 9.59 Å². The monoisotopic (exact) mass is 344 g/mol. The molecule has 24 heavy (non-hydrogen) atoms. The van der Waals surface area contributed by atoms with E-state index >= 15 is 0 Å². The van der Waals surface area contributed by atoms with Gasteiger partial charge in [0.05, 0.1) is 0 Å². The van der Waals surface area contributed by atoms with E-state index in [0.29, 0.717) is 24.9 Å². The Kier molecular flexibility index (Phi) is 6.38. The van der Waals surface area contributed by atoms with Crippen molar-refractivity contribution in [3.05, 3.63) is 58.6 Å². The quantitative estimate of drug-likeness (QED) is 0.787. The van der Waals surface area contributed by atoms with Gasteiger partial charge in [-0.15, -0.1) is 0 Å². The minimum absolute atomic E-state index is 0.0227. The van der Waals surface area contributed by atoms with Crippen LogP contribution in [0.3, 0.4) is 0 Å². The second kappa shape index (κ2) is 8.50. The Bertz CT molecular complexity index is 727. The maximum Gasteiger partial charge on any atom is 0.251 e. The maximum absolute atomic E-state index is 12.1. The summed E-state index contributed by atoms with van der Waals surface area (Å²) in [4.78, 5) is 23.2. The van der Waals surface area contributed by atoms with Gasteiger partial charge in [0.1, 0.15) is 0 Å². The Morgan fingerprint density at radius 2 is 1.79 bits per heavy atom. The van der Waals surface area contributed by atoms with Gasteiger partial charge in [-0.1, -0.05) is 35.9 Å². The number of rotatable bonds is 6. The minimum Gasteiger partial charge on any atom is -0.359 e. The summed E-state index contributed by atoms with van der Waals surface area (Å²) in [7, 11) is 1.60. The Hall–Kier alpha value is -2.33. The van der Waals surface area contributed by atoms with Crippen molar-refractivity contribution in [2.45, 2.75) is 19.8 Å². The van der Waals surface area contributed by atoms with E-state index in [1.54, 1.807) is 19.2 Å². The third kappa shape index (κ3) is 4.59. The third-order valence-corrected chi connectivity index (χ3v) is 4.28. The molecule has 0 heterocycles. The summed E-state index contributed by atoms with van der Waals surface area (Å²) in [6.45, 7) is 2.45. The lowest BCUT2D eigenvalue weighted by molar-refractivity contribution is -0.120. The first-order chi connectivity index (χ1) is 11.5. The van der Waals surface area contributed by atoms with Crippen LogP contribution in [-0.2, 0) is 4.79 Å². The van der Waals surface area contributed by atoms with E-state index in [-0.39, 0.29) is 11.8 Å². The summed E-state index contributed by atoms with van der Waals surface area (Å²) in [5, 5.41) is 6.10. The molecule has 2 amide bonds. The second-order valence-corrected chi connectivity index (χ2v) is 5.93. The molecule has 0 spiro atoms. The Morgan fingerprint density at radius 1 is 1.08 bits per heavy atom. The molecule has 0 unspecified atom stereocenters. The Morgan fingerprint density at radius 3 is 2.46 bits per heavy atom. The molecule has 0 radical (unpaired) electrons. The number of amides is 2. The molecule has 0 atom stereocenters. The van der Waals surface area contributed by atoms with Gasteiger partial charge in [0.15, 0.2) is 0 Å². The molecular weight excluding hydrogens is 324 g/mol. The maximum atomic E-state index is 12.1. The van der Waals surface area contributed by atoms with Gasteiger partial charge in [-0.2, -0.15) is 0 Å². The number of carbonyl (C=O) groups is 2. The first-order valence-corrected chi connectivity index (χ1v) is 8.25. The summed E-state index contributed by atoms with van der Waals surface area (Å²) < 4.78 is 0. The topological polar surface area (TPSA) is 58.2 Å². The molecule has 0 saturated heterocycles. The van der Waals surface area contributed by atoms with Gasteiger partial charge < -0.3 is 10.6 Å². The van der Waals surface area contributed by atoms with E-state index < -0.39 is 0 Å². The van der Waals surface area contributed by atoms with Crippen LogP contribution in [0.15, 0.2) is 42.5 Å². The number of halogens is 1. The molecular formula is C19H21ClN2O2. The van der Waals surface area contributed by atoms with Gasteiger partial charge in [-0.3, -0.25) is 9.59 Å². The summed E-state index contributed by atoms with van der Waals surface area (Å²) in [6.07, 6.45) is 1.02. The molecule has 0 aromatic heterocycles. The van der Waals surface area contributed by atoms with Gasteiger partial charge in [-0.25, -0.2) is 0 Å². The molecule has 5 heteroatoms. The predicted octanol–water partition coefficient (Wildman–Crippen LogP) is 3.57. The Balaban J connectivity index is 1.97. The van der Waals surface area contributed by atoms with Crippen LogP contribution < -0.4 is 10.6 Å². The average Bonchev–Trinajstić information content (AvgIpc) is 2.60. The van der Waals surface area contributed by atoms with E-state index in [2.05, 4.69) is 10.6 Å². The Labute approximate surface area is 147 Å². The van der Waals surface area contributed by atoms with Crippen LogP contribution in [0, 0.1) is 6.92 Å². The van der Waals surface area contributed by atoms with E-state index in [0.717, 1.165) is 21.7 Å². The molecule has 0 aliphatic carbocycles. The second-order valence-electron chi connectivity index (χ2n) is 5.52. The van der Waals surface area contributed by atoms with E-state index in [4.69, 9.17) is 11.6 Å². The van der Waals surface area contributed by atoms with E-state index in [1.807, 2.05) is 37.3 Å². The molecule has 4 nitrogen and oxygen atoms in total. The van der Waals surface area contributed by atoms with Crippen LogP contribution in [0.2, 0.25) is 5.02 Å². The summed E-state index contributed by atoms with van der Waals surface area (Å²) in [6, 6.07) is 13.2. The van der Waals surface area contributed by atoms with Crippen molar-refractivity contribution in [2.75, 3.05) is 13.6 Å². The number of carbonyl (C=O) groups excluding carboxylic acids is 2. The molecule has 0 bridgehead atoms. The van der Waals surface area contributed by atoms with Crippen LogP contribution in [0.5, 0.6) is 0 Å². The molecule has 2 aromatic rings. The van der Waals surface area contributed by atoms with Crippen molar-refractivity contribution < 1.29 is 9.59 Å². The first kappa shape index (κ1) is 18.0. The zero-order chi connectivity index (χ0) is 17.5. The number of benzene rings is 2. The molecule has 2 N–H and O–H groups in total. The lowest BCUT2D eigenvalue weighted by Crippen LogP contribution is -2.26. The number of hydrogen-bond acceptors (Lipinski definition) is 2. The predicted molar refractivity (Wildman–Crippen MR) is 97.3 cm³/mol. The lowest BCUT2D eigenvalue weighted by Gasteiger charge is -2.09. The lowest BCUT2D eigenvalue weighted by atomic mass is 9.99. The highest BCUT2D eigenvalue weighted by molar-refractivity contribution is 6.31. The van der Waals surface area contributed by atoms with Crippen LogP contribution in [0.1, 0.15) is 28.8 Å². The molecule has 0 fully saturated rings. The van der Waals surface area contributed by atoms with Crippen LogP contribution in [0.4, 0.5) is 0 Å². The average molecular weight is 345 g/mol. The van der Waals surface area contributed by atoms with Gasteiger partial charge in [0, 0.05) is 30.6 Å². The highest BCUT2D eigenvalue weighted by atomic mass is 35.5. The van der Waals surface area contributed by atoms with Crippen molar-refractivity contribution in [1.29, 1.82) is 0 Å². The first-order valence-electron chi connectivity index (χ1n) is 7.87. The summed E-state index contributed by atoms with van der Waals surface area (Å²) in [5.74, 6) is -0.160. The summed E-state index contributed by atoms with van der Waals surface area (Å²) >= 11 is 6.16. The fraction of sp³-hybridized carbons (Fsp3) is 0.263. The smallest absolute Gasteiger partial charge is 0.251 e. The molecule has 2 aromatic carbocycles. The standard InChI is InChI=1S/C19H21ClN2O2/c1-13-16(5-3-6-17(13)20)14-8-10-15(11-9-14)19(24)22-12-4-7-18(23)21-2/h3,5-6,8-11H,4,7,12H2,1-2H3,(H,21,23)(H,22,24). The van der Waals surface area contributed by atoms with Crippen molar-refractivity contribution >= 4 is 23.4 Å². The van der Waals surface area contributed by atoms with E-state index in [1.165, 1.54) is 0 Å². The molecule has 0 aliphatic rings. The molecule has 2 rings (SSSR count). The normalized spacial score (nSPS) is 10.3. The van der Waals surface area contributed by atoms with Gasteiger partial charge in [-0.05, 0) is 48.2 Å². The SMILES string of the molecule is CNC(=O)CCCNC(=O)c1ccc(-c2cccc(Cl)c2C)cc1. The zero-order valence-corrected chi connectivity index (χ0v) is 14.6. The number of nitrogens with one attached hydrogen (secondary N) is 2. The highest BCUT2D eigenvalue weighted by Crippen LogP contribution is 2.28. The van der Waals surface area contributed by atoms with Gasteiger partial charge >= 0.3 is 0 Å². The van der Waals surface area contributed by atoms with Crippen molar-refractivity contribution in [2.24, 2.45) is 0 Å². The van der Waals surface area contributed by atoms with Crippen molar-refractivity contribution in [3.8, 4) is 11.1 Å². The molecule has 0 saturated carbocycles. The summed E-state index contributed by atoms with van der Waals surface area (Å²) in [5.41, 5.74) is 3.69. The van der Waals surface area contributed by atoms with Crippen LogP contribution in [0.25, 0.3) is 11.1 Å². The van der Waals surface area contributed by atoms with Crippen LogP contribution in [-0.4, -0.2) is 25.4 Å². The number of hydrogen-bond donors (Lipinski definition) is 2. The third-order valence-electron chi connectivity index (χ3n) is 3.87. The van der Waals surface area contributed by atoms with Gasteiger partial charge in [0.2, 0.25) is 5.91 Å². The fourth-order valence-corrected chi connectivity index (χ4v) is 2.57. The van der Waals surface area contributed by atoms with Gasteiger partial charge in [0.25, 0.3) is 5.91 Å². The fourth-order valence-electron chi connectivity index (χ4n) is 2.40. The molecule has 0 aliphatic heterocycles. The van der Waals surface area contributed by atoms with Crippen LogP contribution >= 0.6 is 11.6 Å². The minimum atomic E-state index is -0.138. The van der Waals surface area contributed by atoms with Crippen molar-refractivity contribution in [3.63, 3.8) is 0 Å². The largest absolute Gasteiger partial charge is 0.359 e.